The van der Waals surface area contributed by atoms with E-state index in [1.807, 2.05) is 18.2 Å². The molecular formula is C12H8BrN3S. The summed E-state index contributed by atoms with van der Waals surface area (Å²) in [6, 6.07) is 8.23. The summed E-state index contributed by atoms with van der Waals surface area (Å²) in [7, 11) is 0. The number of hydrogen-bond donors (Lipinski definition) is 0. The molecule has 0 N–H and O–H groups in total. The fourth-order valence-corrected chi connectivity index (χ4v) is 3.04. The van der Waals surface area contributed by atoms with Gasteiger partial charge in [0.15, 0.2) is 0 Å². The summed E-state index contributed by atoms with van der Waals surface area (Å²) in [6.07, 6.45) is 3.49. The van der Waals surface area contributed by atoms with Gasteiger partial charge in [0.25, 0.3) is 0 Å². The molecule has 0 bridgehead atoms. The predicted octanol–water partition coefficient (Wildman–Crippen LogP) is 3.52. The second kappa shape index (κ2) is 3.90. The molecule has 2 heterocycles. The van der Waals surface area contributed by atoms with E-state index < -0.39 is 5.41 Å². The van der Waals surface area contributed by atoms with Gasteiger partial charge in [0.1, 0.15) is 11.2 Å². The Morgan fingerprint density at radius 3 is 2.76 bits per heavy atom. The van der Waals surface area contributed by atoms with Crippen LogP contribution in [0.15, 0.2) is 28.2 Å². The van der Waals surface area contributed by atoms with E-state index in [9.17, 15) is 0 Å². The summed E-state index contributed by atoms with van der Waals surface area (Å²) >= 11 is 5.07. The molecule has 84 valence electrons. The molecule has 1 saturated carbocycles. The van der Waals surface area contributed by atoms with Gasteiger partial charge in [-0.05, 0) is 47.0 Å². The lowest BCUT2D eigenvalue weighted by atomic mass is 10.1. The fourth-order valence-electron chi connectivity index (χ4n) is 1.69. The van der Waals surface area contributed by atoms with E-state index in [1.54, 1.807) is 17.5 Å². The third-order valence-corrected chi connectivity index (χ3v) is 4.52. The minimum atomic E-state index is -0.412. The molecule has 17 heavy (non-hydrogen) atoms. The lowest BCUT2D eigenvalue weighted by molar-refractivity contribution is 0.799. The normalized spacial score (nSPS) is 16.5. The number of thiophene rings is 1. The highest BCUT2D eigenvalue weighted by Gasteiger charge is 2.47. The van der Waals surface area contributed by atoms with Crippen LogP contribution in [-0.2, 0) is 5.41 Å². The quantitative estimate of drug-likeness (QED) is 0.853. The van der Waals surface area contributed by atoms with Crippen LogP contribution < -0.4 is 0 Å². The fraction of sp³-hybridized carbons (Fsp3) is 0.250. The van der Waals surface area contributed by atoms with Crippen molar-refractivity contribution < 1.29 is 0 Å². The standard InChI is InChI=1S/C12H8BrN3S/c13-10-2-1-9(17-10)8-3-6-15-11(16-8)12(7-14)4-5-12/h1-3,6H,4-5H2. The highest BCUT2D eigenvalue weighted by Crippen LogP contribution is 2.46. The lowest BCUT2D eigenvalue weighted by Crippen LogP contribution is -2.08. The molecule has 0 radical (unpaired) electrons. The summed E-state index contributed by atoms with van der Waals surface area (Å²) in [6.45, 7) is 0. The minimum absolute atomic E-state index is 0.412. The van der Waals surface area contributed by atoms with E-state index in [0.29, 0.717) is 5.82 Å². The van der Waals surface area contributed by atoms with Crippen molar-refractivity contribution in [3.05, 3.63) is 34.0 Å². The first-order chi connectivity index (χ1) is 8.23. The van der Waals surface area contributed by atoms with Gasteiger partial charge in [-0.15, -0.1) is 11.3 Å². The number of rotatable bonds is 2. The molecule has 3 nitrogen and oxygen atoms in total. The highest BCUT2D eigenvalue weighted by atomic mass is 79.9. The van der Waals surface area contributed by atoms with Gasteiger partial charge >= 0.3 is 0 Å². The number of nitrogens with zero attached hydrogens (tertiary/aromatic N) is 3. The van der Waals surface area contributed by atoms with Gasteiger partial charge in [-0.3, -0.25) is 0 Å². The van der Waals surface area contributed by atoms with Crippen LogP contribution in [0.3, 0.4) is 0 Å². The van der Waals surface area contributed by atoms with Gasteiger partial charge in [0.2, 0.25) is 0 Å². The Bertz CT molecular complexity index is 610. The molecule has 0 aromatic carbocycles. The summed E-state index contributed by atoms with van der Waals surface area (Å²) in [5.41, 5.74) is 0.483. The van der Waals surface area contributed by atoms with E-state index in [0.717, 1.165) is 27.2 Å². The molecule has 0 amide bonds. The van der Waals surface area contributed by atoms with Crippen molar-refractivity contribution in [2.75, 3.05) is 0 Å². The molecule has 1 fully saturated rings. The zero-order valence-electron chi connectivity index (χ0n) is 8.85. The molecule has 0 unspecified atom stereocenters. The molecule has 3 rings (SSSR count). The van der Waals surface area contributed by atoms with Crippen molar-refractivity contribution in [3.8, 4) is 16.6 Å². The molecule has 0 aliphatic heterocycles. The molecule has 0 spiro atoms. The van der Waals surface area contributed by atoms with Crippen LogP contribution in [0.5, 0.6) is 0 Å². The monoisotopic (exact) mass is 305 g/mol. The SMILES string of the molecule is N#CC1(c2nccc(-c3ccc(Br)s3)n2)CC1. The van der Waals surface area contributed by atoms with Gasteiger partial charge in [-0.25, -0.2) is 9.97 Å². The molecule has 2 aromatic rings. The third kappa shape index (κ3) is 1.88. The topological polar surface area (TPSA) is 49.6 Å². The van der Waals surface area contributed by atoms with Crippen LogP contribution in [0.2, 0.25) is 0 Å². The highest BCUT2D eigenvalue weighted by molar-refractivity contribution is 9.11. The maximum absolute atomic E-state index is 9.14. The van der Waals surface area contributed by atoms with E-state index >= 15 is 0 Å². The number of aromatic nitrogens is 2. The number of halogens is 1. The van der Waals surface area contributed by atoms with Crippen LogP contribution >= 0.6 is 27.3 Å². The first-order valence-corrected chi connectivity index (χ1v) is 6.85. The average molecular weight is 306 g/mol. The lowest BCUT2D eigenvalue weighted by Gasteiger charge is -2.05. The molecular weight excluding hydrogens is 298 g/mol. The van der Waals surface area contributed by atoms with Crippen molar-refractivity contribution in [1.29, 1.82) is 5.26 Å². The molecule has 0 atom stereocenters. The zero-order valence-corrected chi connectivity index (χ0v) is 11.3. The average Bonchev–Trinajstić information content (AvgIpc) is 3.06. The van der Waals surface area contributed by atoms with E-state index in [-0.39, 0.29) is 0 Å². The summed E-state index contributed by atoms with van der Waals surface area (Å²) in [5, 5.41) is 9.14. The first kappa shape index (κ1) is 10.9. The summed E-state index contributed by atoms with van der Waals surface area (Å²) < 4.78 is 1.08. The van der Waals surface area contributed by atoms with Crippen molar-refractivity contribution in [2.24, 2.45) is 0 Å². The van der Waals surface area contributed by atoms with Crippen LogP contribution in [0.1, 0.15) is 18.7 Å². The Hall–Kier alpha value is -1.25. The zero-order chi connectivity index (χ0) is 11.9. The van der Waals surface area contributed by atoms with Crippen molar-refractivity contribution in [3.63, 3.8) is 0 Å². The van der Waals surface area contributed by atoms with Crippen molar-refractivity contribution in [1.82, 2.24) is 9.97 Å². The largest absolute Gasteiger partial charge is 0.240 e. The molecule has 0 saturated heterocycles. The maximum Gasteiger partial charge on any atom is 0.149 e. The number of nitriles is 1. The van der Waals surface area contributed by atoms with E-state index in [1.165, 1.54) is 0 Å². The van der Waals surface area contributed by atoms with Crippen LogP contribution in [0, 0.1) is 11.3 Å². The van der Waals surface area contributed by atoms with Crippen LogP contribution in [0.25, 0.3) is 10.6 Å². The summed E-state index contributed by atoms with van der Waals surface area (Å²) in [4.78, 5) is 9.85. The summed E-state index contributed by atoms with van der Waals surface area (Å²) in [5.74, 6) is 0.669. The van der Waals surface area contributed by atoms with Gasteiger partial charge in [-0.2, -0.15) is 5.26 Å². The van der Waals surface area contributed by atoms with Gasteiger partial charge < -0.3 is 0 Å². The second-order valence-electron chi connectivity index (χ2n) is 4.06. The minimum Gasteiger partial charge on any atom is -0.240 e. The van der Waals surface area contributed by atoms with Crippen LogP contribution in [-0.4, -0.2) is 9.97 Å². The van der Waals surface area contributed by atoms with E-state index in [4.69, 9.17) is 5.26 Å². The van der Waals surface area contributed by atoms with E-state index in [2.05, 4.69) is 32.0 Å². The Balaban J connectivity index is 2.03. The number of hydrogen-bond acceptors (Lipinski definition) is 4. The van der Waals surface area contributed by atoms with Gasteiger partial charge in [0, 0.05) is 6.20 Å². The van der Waals surface area contributed by atoms with Gasteiger partial charge in [-0.1, -0.05) is 0 Å². The third-order valence-electron chi connectivity index (χ3n) is 2.87. The molecule has 1 aliphatic carbocycles. The Morgan fingerprint density at radius 2 is 2.18 bits per heavy atom. The van der Waals surface area contributed by atoms with Crippen LogP contribution in [0.4, 0.5) is 0 Å². The van der Waals surface area contributed by atoms with Gasteiger partial charge in [0.05, 0.1) is 20.4 Å². The molecule has 1 aliphatic rings. The second-order valence-corrected chi connectivity index (χ2v) is 6.53. The smallest absolute Gasteiger partial charge is 0.149 e. The first-order valence-electron chi connectivity index (χ1n) is 5.24. The Kier molecular flexibility index (Phi) is 2.49. The van der Waals surface area contributed by atoms with Crippen molar-refractivity contribution >= 4 is 27.3 Å². The van der Waals surface area contributed by atoms with Crippen molar-refractivity contribution in [2.45, 2.75) is 18.3 Å². The predicted molar refractivity (Wildman–Crippen MR) is 69.6 cm³/mol. The molecule has 5 heteroatoms. The molecule has 2 aromatic heterocycles. The Morgan fingerprint density at radius 1 is 1.35 bits per heavy atom. The maximum atomic E-state index is 9.14. The Labute approximate surface area is 111 Å².